The third kappa shape index (κ3) is 4.27. The minimum atomic E-state index is 0.0838. The fourth-order valence-corrected chi connectivity index (χ4v) is 2.50. The lowest BCUT2D eigenvalue weighted by atomic mass is 10.1. The first-order valence-electron chi connectivity index (χ1n) is 7.32. The van der Waals surface area contributed by atoms with Gasteiger partial charge in [-0.3, -0.25) is 0 Å². The molecular formula is C17H21BrO3. The molecule has 3 nitrogen and oxygen atoms in total. The molecule has 21 heavy (non-hydrogen) atoms. The lowest BCUT2D eigenvalue weighted by molar-refractivity contribution is 0.268. The van der Waals surface area contributed by atoms with E-state index < -0.39 is 0 Å². The van der Waals surface area contributed by atoms with E-state index >= 15 is 0 Å². The van der Waals surface area contributed by atoms with Crippen LogP contribution >= 0.6 is 15.9 Å². The number of alkyl halides is 1. The maximum Gasteiger partial charge on any atom is 0.161 e. The molecule has 0 bridgehead atoms. The molecule has 4 heteroatoms. The minimum Gasteiger partial charge on any atom is -0.490 e. The Morgan fingerprint density at radius 1 is 1.00 bits per heavy atom. The second kappa shape index (κ2) is 8.13. The smallest absolute Gasteiger partial charge is 0.161 e. The normalized spacial score (nSPS) is 12.1. The molecule has 0 saturated carbocycles. The zero-order valence-electron chi connectivity index (χ0n) is 12.5. The standard InChI is InChI=1S/C17H21BrO3/c1-3-8-20-15-6-5-13(11-16(15)21-9-4-2)17(18)14-7-10-19-12-14/h5-7,10-12,17H,3-4,8-9H2,1-2H3. The highest BCUT2D eigenvalue weighted by atomic mass is 79.9. The van der Waals surface area contributed by atoms with Crippen LogP contribution in [0, 0.1) is 0 Å². The van der Waals surface area contributed by atoms with Crippen molar-refractivity contribution in [2.24, 2.45) is 0 Å². The van der Waals surface area contributed by atoms with Crippen LogP contribution in [0.25, 0.3) is 0 Å². The molecule has 1 aromatic heterocycles. The van der Waals surface area contributed by atoms with E-state index in [9.17, 15) is 0 Å². The molecule has 0 spiro atoms. The molecule has 2 aromatic rings. The number of benzene rings is 1. The van der Waals surface area contributed by atoms with Crippen molar-refractivity contribution in [3.8, 4) is 11.5 Å². The number of hydrogen-bond donors (Lipinski definition) is 0. The number of hydrogen-bond acceptors (Lipinski definition) is 3. The van der Waals surface area contributed by atoms with E-state index in [2.05, 4.69) is 35.8 Å². The Labute approximate surface area is 134 Å². The van der Waals surface area contributed by atoms with Gasteiger partial charge in [-0.2, -0.15) is 0 Å². The minimum absolute atomic E-state index is 0.0838. The van der Waals surface area contributed by atoms with Gasteiger partial charge in [0.05, 0.1) is 30.6 Å². The Morgan fingerprint density at radius 2 is 1.71 bits per heavy atom. The molecule has 1 heterocycles. The number of ether oxygens (including phenoxy) is 2. The van der Waals surface area contributed by atoms with Crippen LogP contribution in [0.4, 0.5) is 0 Å². The van der Waals surface area contributed by atoms with Crippen molar-refractivity contribution < 1.29 is 13.9 Å². The summed E-state index contributed by atoms with van der Waals surface area (Å²) in [6.45, 7) is 5.56. The highest BCUT2D eigenvalue weighted by Gasteiger charge is 2.15. The summed E-state index contributed by atoms with van der Waals surface area (Å²) in [5, 5.41) is 0. The molecular weight excluding hydrogens is 332 g/mol. The average Bonchev–Trinajstić information content (AvgIpc) is 3.04. The monoisotopic (exact) mass is 352 g/mol. The Morgan fingerprint density at radius 3 is 2.33 bits per heavy atom. The number of furan rings is 1. The fraction of sp³-hybridized carbons (Fsp3) is 0.412. The van der Waals surface area contributed by atoms with E-state index in [1.54, 1.807) is 12.5 Å². The maximum absolute atomic E-state index is 5.82. The molecule has 0 N–H and O–H groups in total. The van der Waals surface area contributed by atoms with Crippen LogP contribution in [0.3, 0.4) is 0 Å². The second-order valence-corrected chi connectivity index (χ2v) is 5.74. The average molecular weight is 353 g/mol. The molecule has 0 saturated heterocycles. The van der Waals surface area contributed by atoms with E-state index in [1.807, 2.05) is 18.2 Å². The van der Waals surface area contributed by atoms with Gasteiger partial charge < -0.3 is 13.9 Å². The Kier molecular flexibility index (Phi) is 6.18. The lowest BCUT2D eigenvalue weighted by Gasteiger charge is -2.15. The van der Waals surface area contributed by atoms with Gasteiger partial charge in [0.25, 0.3) is 0 Å². The molecule has 1 atom stereocenters. The van der Waals surface area contributed by atoms with Crippen LogP contribution in [0.15, 0.2) is 41.2 Å². The quantitative estimate of drug-likeness (QED) is 0.600. The van der Waals surface area contributed by atoms with Gasteiger partial charge >= 0.3 is 0 Å². The van der Waals surface area contributed by atoms with Gasteiger partial charge in [0.2, 0.25) is 0 Å². The number of rotatable bonds is 8. The van der Waals surface area contributed by atoms with E-state index in [0.717, 1.165) is 35.5 Å². The van der Waals surface area contributed by atoms with E-state index in [1.165, 1.54) is 0 Å². The molecule has 0 fully saturated rings. The molecule has 0 aliphatic heterocycles. The predicted molar refractivity (Wildman–Crippen MR) is 87.5 cm³/mol. The van der Waals surface area contributed by atoms with Crippen LogP contribution < -0.4 is 9.47 Å². The molecule has 0 aliphatic carbocycles. The van der Waals surface area contributed by atoms with Crippen molar-refractivity contribution in [1.29, 1.82) is 0 Å². The Bertz CT molecular complexity index is 537. The van der Waals surface area contributed by atoms with Gasteiger partial charge in [0, 0.05) is 5.56 Å². The second-order valence-electron chi connectivity index (χ2n) is 4.82. The molecule has 0 radical (unpaired) electrons. The third-order valence-electron chi connectivity index (χ3n) is 3.02. The van der Waals surface area contributed by atoms with Crippen LogP contribution in [-0.4, -0.2) is 13.2 Å². The van der Waals surface area contributed by atoms with Crippen LogP contribution in [-0.2, 0) is 0 Å². The van der Waals surface area contributed by atoms with Crippen LogP contribution in [0.5, 0.6) is 11.5 Å². The van der Waals surface area contributed by atoms with Crippen molar-refractivity contribution >= 4 is 15.9 Å². The Hall–Kier alpha value is -1.42. The highest BCUT2D eigenvalue weighted by molar-refractivity contribution is 9.09. The van der Waals surface area contributed by atoms with Gasteiger partial charge in [0.1, 0.15) is 0 Å². The predicted octanol–water partition coefficient (Wildman–Crippen LogP) is 5.34. The summed E-state index contributed by atoms with van der Waals surface area (Å²) in [6.07, 6.45) is 5.37. The van der Waals surface area contributed by atoms with Gasteiger partial charge in [-0.15, -0.1) is 0 Å². The number of halogens is 1. The zero-order chi connectivity index (χ0) is 15.1. The fourth-order valence-electron chi connectivity index (χ4n) is 1.95. The van der Waals surface area contributed by atoms with Crippen LogP contribution in [0.1, 0.15) is 42.6 Å². The van der Waals surface area contributed by atoms with Gasteiger partial charge in [-0.05, 0) is 36.6 Å². The largest absolute Gasteiger partial charge is 0.490 e. The van der Waals surface area contributed by atoms with Crippen molar-refractivity contribution in [1.82, 2.24) is 0 Å². The van der Waals surface area contributed by atoms with Crippen molar-refractivity contribution in [3.05, 3.63) is 47.9 Å². The molecule has 1 aromatic carbocycles. The van der Waals surface area contributed by atoms with Crippen molar-refractivity contribution in [3.63, 3.8) is 0 Å². The van der Waals surface area contributed by atoms with E-state index in [4.69, 9.17) is 13.9 Å². The summed E-state index contributed by atoms with van der Waals surface area (Å²) < 4.78 is 16.7. The summed E-state index contributed by atoms with van der Waals surface area (Å²) in [6, 6.07) is 8.01. The van der Waals surface area contributed by atoms with Gasteiger partial charge in [-0.1, -0.05) is 35.8 Å². The molecule has 114 valence electrons. The summed E-state index contributed by atoms with van der Waals surface area (Å²) >= 11 is 3.70. The summed E-state index contributed by atoms with van der Waals surface area (Å²) in [4.78, 5) is 0.0838. The van der Waals surface area contributed by atoms with E-state index in [0.29, 0.717) is 13.2 Å². The first-order chi connectivity index (χ1) is 10.3. The molecule has 1 unspecified atom stereocenters. The highest BCUT2D eigenvalue weighted by Crippen LogP contribution is 2.37. The van der Waals surface area contributed by atoms with Crippen molar-refractivity contribution in [2.45, 2.75) is 31.5 Å². The summed E-state index contributed by atoms with van der Waals surface area (Å²) in [5.74, 6) is 1.61. The molecule has 2 rings (SSSR count). The third-order valence-corrected chi connectivity index (χ3v) is 4.08. The maximum atomic E-state index is 5.82. The Balaban J connectivity index is 2.22. The lowest BCUT2D eigenvalue weighted by Crippen LogP contribution is -2.02. The van der Waals surface area contributed by atoms with Crippen molar-refractivity contribution in [2.75, 3.05) is 13.2 Å². The molecule has 0 amide bonds. The topological polar surface area (TPSA) is 31.6 Å². The van der Waals surface area contributed by atoms with Gasteiger partial charge in [-0.25, -0.2) is 0 Å². The van der Waals surface area contributed by atoms with Crippen LogP contribution in [0.2, 0.25) is 0 Å². The van der Waals surface area contributed by atoms with E-state index in [-0.39, 0.29) is 4.83 Å². The first kappa shape index (κ1) is 16.0. The SMILES string of the molecule is CCCOc1ccc(C(Br)c2ccoc2)cc1OCCC. The first-order valence-corrected chi connectivity index (χ1v) is 8.23. The van der Waals surface area contributed by atoms with Gasteiger partial charge in [0.15, 0.2) is 11.5 Å². The molecule has 0 aliphatic rings. The summed E-state index contributed by atoms with van der Waals surface area (Å²) in [5.41, 5.74) is 2.20. The summed E-state index contributed by atoms with van der Waals surface area (Å²) in [7, 11) is 0. The zero-order valence-corrected chi connectivity index (χ0v) is 14.1.